The van der Waals surface area contributed by atoms with E-state index in [0.717, 1.165) is 26.1 Å². The molecule has 0 radical (unpaired) electrons. The summed E-state index contributed by atoms with van der Waals surface area (Å²) in [6, 6.07) is 12.5. The Morgan fingerprint density at radius 3 is 2.63 bits per heavy atom. The highest BCUT2D eigenvalue weighted by atomic mass is 32.2. The fraction of sp³-hybridized carbons (Fsp3) is 0.500. The lowest BCUT2D eigenvalue weighted by atomic mass is 9.93. The molecule has 2 unspecified atom stereocenters. The molecule has 2 N–H and O–H groups in total. The summed E-state index contributed by atoms with van der Waals surface area (Å²) in [5, 5.41) is 3.54. The third kappa shape index (κ3) is 5.65. The number of benzene rings is 1. The Morgan fingerprint density at radius 1 is 1.15 bits per heavy atom. The summed E-state index contributed by atoms with van der Waals surface area (Å²) in [6.45, 7) is 6.34. The van der Waals surface area contributed by atoms with Crippen LogP contribution in [0.1, 0.15) is 18.9 Å². The second-order valence-electron chi connectivity index (χ2n) is 7.46. The first-order valence-electron chi connectivity index (χ1n) is 9.55. The van der Waals surface area contributed by atoms with Crippen LogP contribution >= 0.6 is 0 Å². The number of hydrogen-bond acceptors (Lipinski definition) is 4. The Hall–Kier alpha value is -1.67. The van der Waals surface area contributed by atoms with E-state index in [1.165, 1.54) is 5.56 Å². The Bertz CT molecular complexity index is 820. The van der Waals surface area contributed by atoms with Gasteiger partial charge in [0.2, 0.25) is 10.0 Å². The van der Waals surface area contributed by atoms with Gasteiger partial charge in [-0.1, -0.05) is 37.3 Å². The van der Waals surface area contributed by atoms with E-state index in [1.54, 1.807) is 23.0 Å². The third-order valence-corrected chi connectivity index (χ3v) is 6.68. The predicted octanol–water partition coefficient (Wildman–Crippen LogP) is 1.80. The number of hydrogen-bond donors (Lipinski definition) is 2. The molecule has 0 spiro atoms. The van der Waals surface area contributed by atoms with Crippen molar-refractivity contribution in [3.63, 3.8) is 0 Å². The molecule has 2 heterocycles. The molecule has 2 aromatic rings. The van der Waals surface area contributed by atoms with Crippen molar-refractivity contribution in [2.45, 2.75) is 30.8 Å². The number of aryl methyl sites for hydroxylation is 1. The van der Waals surface area contributed by atoms with E-state index in [9.17, 15) is 8.42 Å². The molecule has 3 rings (SSSR count). The molecule has 148 valence electrons. The molecule has 0 amide bonds. The predicted molar refractivity (Wildman–Crippen MR) is 108 cm³/mol. The largest absolute Gasteiger partial charge is 0.356 e. The molecule has 1 aromatic carbocycles. The number of likely N-dealkylation sites (tertiary alicyclic amines) is 1. The average Bonchev–Trinajstić information content (AvgIpc) is 3.09. The van der Waals surface area contributed by atoms with Crippen molar-refractivity contribution >= 4 is 10.0 Å². The van der Waals surface area contributed by atoms with Gasteiger partial charge in [-0.2, -0.15) is 0 Å². The monoisotopic (exact) mass is 390 g/mol. The van der Waals surface area contributed by atoms with Crippen molar-refractivity contribution < 1.29 is 8.42 Å². The van der Waals surface area contributed by atoms with Gasteiger partial charge in [-0.25, -0.2) is 13.1 Å². The van der Waals surface area contributed by atoms with Gasteiger partial charge in [-0.05, 0) is 30.5 Å². The van der Waals surface area contributed by atoms with Crippen molar-refractivity contribution in [3.05, 3.63) is 54.4 Å². The van der Waals surface area contributed by atoms with Gasteiger partial charge in [0.1, 0.15) is 0 Å². The Labute approximate surface area is 162 Å². The zero-order valence-electron chi connectivity index (χ0n) is 16.1. The van der Waals surface area contributed by atoms with Crippen LogP contribution < -0.4 is 10.0 Å². The average molecular weight is 391 g/mol. The van der Waals surface area contributed by atoms with E-state index in [-0.39, 0.29) is 0 Å². The first-order valence-corrected chi connectivity index (χ1v) is 11.0. The maximum Gasteiger partial charge on any atom is 0.242 e. The van der Waals surface area contributed by atoms with Gasteiger partial charge in [0, 0.05) is 51.7 Å². The molecular formula is C20H30N4O2S. The summed E-state index contributed by atoms with van der Waals surface area (Å²) in [4.78, 5) is 2.78. The molecule has 0 aliphatic carbocycles. The minimum atomic E-state index is -3.43. The summed E-state index contributed by atoms with van der Waals surface area (Å²) in [6.07, 6.45) is 4.50. The number of aromatic nitrogens is 1. The number of piperidine rings is 1. The third-order valence-electron chi connectivity index (χ3n) is 5.23. The number of sulfonamides is 1. The van der Waals surface area contributed by atoms with Crippen molar-refractivity contribution in [3.8, 4) is 0 Å². The molecule has 1 saturated heterocycles. The van der Waals surface area contributed by atoms with Gasteiger partial charge in [0.05, 0.1) is 4.90 Å². The van der Waals surface area contributed by atoms with Crippen LogP contribution in [0, 0.1) is 5.92 Å². The van der Waals surface area contributed by atoms with E-state index >= 15 is 0 Å². The maximum atomic E-state index is 12.3. The van der Waals surface area contributed by atoms with E-state index in [2.05, 4.69) is 46.1 Å². The molecule has 1 aromatic heterocycles. The molecular weight excluding hydrogens is 360 g/mol. The number of rotatable bonds is 8. The summed E-state index contributed by atoms with van der Waals surface area (Å²) >= 11 is 0. The smallest absolute Gasteiger partial charge is 0.242 e. The second kappa shape index (κ2) is 9.01. The van der Waals surface area contributed by atoms with Crippen LogP contribution in [0.3, 0.4) is 0 Å². The Kier molecular flexibility index (Phi) is 6.70. The first kappa shape index (κ1) is 20.1. The van der Waals surface area contributed by atoms with Crippen LogP contribution in [0.15, 0.2) is 53.7 Å². The summed E-state index contributed by atoms with van der Waals surface area (Å²) in [5.74, 6) is 0.586. The summed E-state index contributed by atoms with van der Waals surface area (Å²) < 4.78 is 28.9. The van der Waals surface area contributed by atoms with Crippen LogP contribution in [0.2, 0.25) is 0 Å². The SMILES string of the molecule is CC1CCN(Cc2ccccc2)CC1NCCNS(=O)(=O)c1ccn(C)c1. The van der Waals surface area contributed by atoms with Gasteiger partial charge in [-0.15, -0.1) is 0 Å². The van der Waals surface area contributed by atoms with E-state index in [4.69, 9.17) is 0 Å². The van der Waals surface area contributed by atoms with Crippen LogP contribution in [-0.4, -0.2) is 50.1 Å². The first-order chi connectivity index (χ1) is 12.9. The zero-order valence-corrected chi connectivity index (χ0v) is 17.0. The minimum absolute atomic E-state index is 0.310. The van der Waals surface area contributed by atoms with Gasteiger partial charge in [-0.3, -0.25) is 4.90 Å². The lowest BCUT2D eigenvalue weighted by Gasteiger charge is -2.37. The van der Waals surface area contributed by atoms with Gasteiger partial charge >= 0.3 is 0 Å². The van der Waals surface area contributed by atoms with Gasteiger partial charge in [0.15, 0.2) is 0 Å². The highest BCUT2D eigenvalue weighted by Gasteiger charge is 2.25. The second-order valence-corrected chi connectivity index (χ2v) is 9.22. The van der Waals surface area contributed by atoms with Crippen LogP contribution in [0.5, 0.6) is 0 Å². The number of nitrogens with zero attached hydrogens (tertiary/aromatic N) is 2. The fourth-order valence-electron chi connectivity index (χ4n) is 3.55. The standard InChI is InChI=1S/C20H30N4O2S/c1-17-8-13-24(14-18-6-4-3-5-7-18)16-20(17)21-10-11-22-27(25,26)19-9-12-23(2)15-19/h3-7,9,12,15,17,20-22H,8,10-11,13-14,16H2,1-2H3. The highest BCUT2D eigenvalue weighted by Crippen LogP contribution is 2.19. The molecule has 7 heteroatoms. The van der Waals surface area contributed by atoms with Crippen molar-refractivity contribution in [2.24, 2.45) is 13.0 Å². The lowest BCUT2D eigenvalue weighted by molar-refractivity contribution is 0.143. The molecule has 1 aliphatic rings. The van der Waals surface area contributed by atoms with Gasteiger partial charge in [0.25, 0.3) is 0 Å². The Balaban J connectivity index is 1.45. The van der Waals surface area contributed by atoms with Crippen LogP contribution in [0.25, 0.3) is 0 Å². The number of nitrogens with one attached hydrogen (secondary N) is 2. The van der Waals surface area contributed by atoms with E-state index in [0.29, 0.717) is 29.9 Å². The van der Waals surface area contributed by atoms with Crippen molar-refractivity contribution in [1.82, 2.24) is 19.5 Å². The Morgan fingerprint density at radius 2 is 1.93 bits per heavy atom. The van der Waals surface area contributed by atoms with Crippen molar-refractivity contribution in [1.29, 1.82) is 0 Å². The minimum Gasteiger partial charge on any atom is -0.356 e. The quantitative estimate of drug-likeness (QED) is 0.675. The highest BCUT2D eigenvalue weighted by molar-refractivity contribution is 7.89. The summed E-state index contributed by atoms with van der Waals surface area (Å²) in [7, 11) is -1.62. The van der Waals surface area contributed by atoms with Gasteiger partial charge < -0.3 is 9.88 Å². The summed E-state index contributed by atoms with van der Waals surface area (Å²) in [5.41, 5.74) is 1.33. The fourth-order valence-corrected chi connectivity index (χ4v) is 4.63. The molecule has 1 aliphatic heterocycles. The van der Waals surface area contributed by atoms with E-state index in [1.807, 2.05) is 13.1 Å². The van der Waals surface area contributed by atoms with Crippen molar-refractivity contribution in [2.75, 3.05) is 26.2 Å². The lowest BCUT2D eigenvalue weighted by Crippen LogP contribution is -2.51. The topological polar surface area (TPSA) is 66.4 Å². The molecule has 0 bridgehead atoms. The normalized spacial score (nSPS) is 21.4. The molecule has 27 heavy (non-hydrogen) atoms. The molecule has 1 fully saturated rings. The van der Waals surface area contributed by atoms with Crippen LogP contribution in [0.4, 0.5) is 0 Å². The van der Waals surface area contributed by atoms with Crippen LogP contribution in [-0.2, 0) is 23.6 Å². The molecule has 0 saturated carbocycles. The van der Waals surface area contributed by atoms with E-state index < -0.39 is 10.0 Å². The maximum absolute atomic E-state index is 12.3. The molecule has 6 nitrogen and oxygen atoms in total. The zero-order chi connectivity index (χ0) is 19.3. The molecule has 2 atom stereocenters.